The van der Waals surface area contributed by atoms with Crippen LogP contribution in [0.15, 0.2) is 36.4 Å². The minimum absolute atomic E-state index is 0. The van der Waals surface area contributed by atoms with Gasteiger partial charge in [-0.25, -0.2) is 0 Å². The maximum atomic E-state index is 5.48. The maximum absolute atomic E-state index is 5.48. The highest BCUT2D eigenvalue weighted by Crippen LogP contribution is 2.10. The van der Waals surface area contributed by atoms with Gasteiger partial charge in [-0.3, -0.25) is 4.98 Å². The number of aromatic nitrogens is 1. The lowest BCUT2D eigenvalue weighted by Gasteiger charge is -1.98. The zero-order chi connectivity index (χ0) is 8.39. The van der Waals surface area contributed by atoms with Crippen LogP contribution in [0.2, 0.25) is 0 Å². The van der Waals surface area contributed by atoms with E-state index in [0.29, 0.717) is 6.54 Å². The summed E-state index contributed by atoms with van der Waals surface area (Å²) in [6.07, 6.45) is 0. The Morgan fingerprint density at radius 3 is 2.62 bits per heavy atom. The van der Waals surface area contributed by atoms with Gasteiger partial charge >= 0.3 is 0 Å². The molecule has 0 aliphatic heterocycles. The molecule has 2 nitrogen and oxygen atoms in total. The number of pyridine rings is 1. The molecule has 0 amide bonds. The van der Waals surface area contributed by atoms with Gasteiger partial charge in [-0.05, 0) is 12.1 Å². The predicted octanol–water partition coefficient (Wildman–Crippen LogP) is 2.12. The second-order valence-electron chi connectivity index (χ2n) is 2.70. The molecule has 2 N–H and O–H groups in total. The Balaban J connectivity index is 0.000000845. The zero-order valence-electron chi connectivity index (χ0n) is 7.10. The summed E-state index contributed by atoms with van der Waals surface area (Å²) < 4.78 is 0. The molecule has 1 aromatic carbocycles. The molecule has 1 heterocycles. The van der Waals surface area contributed by atoms with Crippen LogP contribution in [0.5, 0.6) is 0 Å². The third kappa shape index (κ3) is 1.97. The molecule has 0 fully saturated rings. The fourth-order valence-electron chi connectivity index (χ4n) is 1.22. The molecular weight excluding hydrogens is 184 g/mol. The molecule has 1 aromatic heterocycles. The lowest BCUT2D eigenvalue weighted by Crippen LogP contribution is -1.98. The first-order valence-electron chi connectivity index (χ1n) is 3.95. The zero-order valence-corrected chi connectivity index (χ0v) is 7.92. The van der Waals surface area contributed by atoms with Crippen LogP contribution in [-0.2, 0) is 6.54 Å². The first kappa shape index (κ1) is 9.96. The Labute approximate surface area is 83.2 Å². The van der Waals surface area contributed by atoms with Crippen molar-refractivity contribution in [3.63, 3.8) is 0 Å². The molecular formula is C10H11ClN2. The number of nitrogens with two attached hydrogens (primary N) is 1. The molecule has 0 spiro atoms. The topological polar surface area (TPSA) is 38.9 Å². The number of rotatable bonds is 1. The normalized spacial score (nSPS) is 9.62. The Hall–Kier alpha value is -1.12. The molecule has 0 saturated heterocycles. The molecule has 0 aliphatic rings. The first-order chi connectivity index (χ1) is 5.90. The monoisotopic (exact) mass is 194 g/mol. The van der Waals surface area contributed by atoms with Crippen molar-refractivity contribution < 1.29 is 0 Å². The van der Waals surface area contributed by atoms with E-state index in [1.165, 1.54) is 0 Å². The second-order valence-corrected chi connectivity index (χ2v) is 2.70. The molecule has 3 heteroatoms. The van der Waals surface area contributed by atoms with Gasteiger partial charge in [-0.1, -0.05) is 24.3 Å². The quantitative estimate of drug-likeness (QED) is 0.756. The summed E-state index contributed by atoms with van der Waals surface area (Å²) in [6.45, 7) is 0.505. The maximum Gasteiger partial charge on any atom is 0.0705 e. The van der Waals surface area contributed by atoms with Crippen molar-refractivity contribution >= 4 is 23.3 Å². The largest absolute Gasteiger partial charge is 0.325 e. The van der Waals surface area contributed by atoms with Crippen molar-refractivity contribution in [2.24, 2.45) is 5.73 Å². The smallest absolute Gasteiger partial charge is 0.0705 e. The molecule has 0 aliphatic carbocycles. The van der Waals surface area contributed by atoms with E-state index in [1.54, 1.807) is 0 Å². The van der Waals surface area contributed by atoms with Gasteiger partial charge in [0.05, 0.1) is 11.2 Å². The van der Waals surface area contributed by atoms with Gasteiger partial charge in [0.2, 0.25) is 0 Å². The van der Waals surface area contributed by atoms with Crippen molar-refractivity contribution in [3.8, 4) is 0 Å². The van der Waals surface area contributed by atoms with E-state index in [2.05, 4.69) is 4.98 Å². The lowest BCUT2D eigenvalue weighted by atomic mass is 10.2. The number of fused-ring (bicyclic) bond motifs is 1. The third-order valence-electron chi connectivity index (χ3n) is 1.87. The van der Waals surface area contributed by atoms with Crippen LogP contribution in [0, 0.1) is 0 Å². The molecule has 13 heavy (non-hydrogen) atoms. The van der Waals surface area contributed by atoms with Crippen LogP contribution in [0.4, 0.5) is 0 Å². The van der Waals surface area contributed by atoms with Crippen molar-refractivity contribution in [1.29, 1.82) is 0 Å². The number of hydrogen-bond donors (Lipinski definition) is 1. The highest BCUT2D eigenvalue weighted by atomic mass is 35.5. The average Bonchev–Trinajstić information content (AvgIpc) is 2.17. The lowest BCUT2D eigenvalue weighted by molar-refractivity contribution is 1.01. The molecule has 0 radical (unpaired) electrons. The van der Waals surface area contributed by atoms with E-state index < -0.39 is 0 Å². The first-order valence-corrected chi connectivity index (χ1v) is 3.95. The Morgan fingerprint density at radius 2 is 1.85 bits per heavy atom. The predicted molar refractivity (Wildman–Crippen MR) is 56.9 cm³/mol. The minimum atomic E-state index is 0. The van der Waals surface area contributed by atoms with Crippen LogP contribution in [-0.4, -0.2) is 4.98 Å². The summed E-state index contributed by atoms with van der Waals surface area (Å²) in [6, 6.07) is 12.0. The third-order valence-corrected chi connectivity index (χ3v) is 1.87. The number of benzene rings is 1. The van der Waals surface area contributed by atoms with E-state index in [-0.39, 0.29) is 12.4 Å². The van der Waals surface area contributed by atoms with Crippen molar-refractivity contribution in [2.45, 2.75) is 6.54 Å². The molecule has 0 unspecified atom stereocenters. The summed E-state index contributed by atoms with van der Waals surface area (Å²) >= 11 is 0. The van der Waals surface area contributed by atoms with Gasteiger partial charge in [0.1, 0.15) is 0 Å². The second kappa shape index (κ2) is 4.21. The molecule has 0 saturated carbocycles. The van der Waals surface area contributed by atoms with Crippen LogP contribution in [0.3, 0.4) is 0 Å². The van der Waals surface area contributed by atoms with Gasteiger partial charge < -0.3 is 5.73 Å². The van der Waals surface area contributed by atoms with Crippen molar-refractivity contribution in [3.05, 3.63) is 42.1 Å². The highest BCUT2D eigenvalue weighted by Gasteiger charge is 1.93. The van der Waals surface area contributed by atoms with Crippen LogP contribution < -0.4 is 5.73 Å². The average molecular weight is 195 g/mol. The number of hydrogen-bond acceptors (Lipinski definition) is 2. The van der Waals surface area contributed by atoms with Crippen LogP contribution >= 0.6 is 12.4 Å². The van der Waals surface area contributed by atoms with Gasteiger partial charge in [0.15, 0.2) is 0 Å². The van der Waals surface area contributed by atoms with E-state index in [1.807, 2.05) is 36.4 Å². The molecule has 0 atom stereocenters. The molecule has 0 bridgehead atoms. The van der Waals surface area contributed by atoms with E-state index in [9.17, 15) is 0 Å². The Kier molecular flexibility index (Phi) is 3.23. The fourth-order valence-corrected chi connectivity index (χ4v) is 1.22. The van der Waals surface area contributed by atoms with Crippen molar-refractivity contribution in [1.82, 2.24) is 4.98 Å². The molecule has 2 aromatic rings. The van der Waals surface area contributed by atoms with E-state index in [4.69, 9.17) is 5.73 Å². The summed E-state index contributed by atoms with van der Waals surface area (Å²) in [5, 5.41) is 1.16. The minimum Gasteiger partial charge on any atom is -0.325 e. The number of nitrogens with zero attached hydrogens (tertiary/aromatic N) is 1. The van der Waals surface area contributed by atoms with Crippen LogP contribution in [0.1, 0.15) is 5.69 Å². The number of halogens is 1. The van der Waals surface area contributed by atoms with Gasteiger partial charge in [-0.15, -0.1) is 12.4 Å². The van der Waals surface area contributed by atoms with Crippen LogP contribution in [0.25, 0.3) is 10.9 Å². The summed E-state index contributed by atoms with van der Waals surface area (Å²) in [5.41, 5.74) is 7.43. The highest BCUT2D eigenvalue weighted by molar-refractivity contribution is 5.85. The Bertz CT molecular complexity index is 401. The summed E-state index contributed by atoms with van der Waals surface area (Å²) in [4.78, 5) is 4.37. The van der Waals surface area contributed by atoms with E-state index in [0.717, 1.165) is 16.6 Å². The molecule has 2 rings (SSSR count). The van der Waals surface area contributed by atoms with Gasteiger partial charge in [0, 0.05) is 11.9 Å². The van der Waals surface area contributed by atoms with E-state index >= 15 is 0 Å². The Morgan fingerprint density at radius 1 is 1.08 bits per heavy atom. The SMILES string of the molecule is Cl.NCc1ccc2ccccc2n1. The summed E-state index contributed by atoms with van der Waals surface area (Å²) in [7, 11) is 0. The fraction of sp³-hybridized carbons (Fsp3) is 0.100. The number of para-hydroxylation sites is 1. The van der Waals surface area contributed by atoms with Gasteiger partial charge in [-0.2, -0.15) is 0 Å². The summed E-state index contributed by atoms with van der Waals surface area (Å²) in [5.74, 6) is 0. The van der Waals surface area contributed by atoms with Crippen molar-refractivity contribution in [2.75, 3.05) is 0 Å². The standard InChI is InChI=1S/C10H10N2.ClH/c11-7-9-6-5-8-3-1-2-4-10(8)12-9;/h1-6H,7,11H2;1H. The molecule has 68 valence electrons. The van der Waals surface area contributed by atoms with Gasteiger partial charge in [0.25, 0.3) is 0 Å².